The fourth-order valence-corrected chi connectivity index (χ4v) is 3.09. The third-order valence-corrected chi connectivity index (χ3v) is 4.36. The summed E-state index contributed by atoms with van der Waals surface area (Å²) in [4.78, 5) is 14.0. The van der Waals surface area contributed by atoms with Gasteiger partial charge in [0.2, 0.25) is 5.91 Å². The fourth-order valence-electron chi connectivity index (χ4n) is 2.62. The second-order valence-corrected chi connectivity index (χ2v) is 7.07. The van der Waals surface area contributed by atoms with Crippen molar-refractivity contribution in [1.29, 1.82) is 0 Å². The first kappa shape index (κ1) is 18.3. The molecular formula is C13H28N4O3S. The number of carbonyl (C=O) groups is 1. The van der Waals surface area contributed by atoms with E-state index in [2.05, 4.69) is 4.72 Å². The SMILES string of the molecule is NCCCCCCC(=O)N1CCCC(CNS(N)(=O)=O)C1. The predicted molar refractivity (Wildman–Crippen MR) is 82.6 cm³/mol. The van der Waals surface area contributed by atoms with Gasteiger partial charge in [-0.2, -0.15) is 8.42 Å². The van der Waals surface area contributed by atoms with Gasteiger partial charge in [-0.15, -0.1) is 0 Å². The maximum atomic E-state index is 12.1. The maximum absolute atomic E-state index is 12.1. The molecule has 7 nitrogen and oxygen atoms in total. The van der Waals surface area contributed by atoms with Crippen molar-refractivity contribution in [3.8, 4) is 0 Å². The van der Waals surface area contributed by atoms with Crippen LogP contribution in [0.25, 0.3) is 0 Å². The van der Waals surface area contributed by atoms with E-state index >= 15 is 0 Å². The molecule has 1 aliphatic rings. The third-order valence-electron chi connectivity index (χ3n) is 3.79. The number of amides is 1. The van der Waals surface area contributed by atoms with Crippen LogP contribution in [0, 0.1) is 5.92 Å². The number of nitrogens with one attached hydrogen (secondary N) is 1. The first-order chi connectivity index (χ1) is 9.92. The van der Waals surface area contributed by atoms with Gasteiger partial charge in [0.25, 0.3) is 10.2 Å². The summed E-state index contributed by atoms with van der Waals surface area (Å²) in [5.74, 6) is 0.321. The molecule has 1 heterocycles. The molecule has 8 heteroatoms. The summed E-state index contributed by atoms with van der Waals surface area (Å²) in [7, 11) is -3.65. The van der Waals surface area contributed by atoms with Crippen LogP contribution in [0.5, 0.6) is 0 Å². The number of rotatable bonds is 9. The lowest BCUT2D eigenvalue weighted by Gasteiger charge is -2.32. The largest absolute Gasteiger partial charge is 0.342 e. The average molecular weight is 320 g/mol. The number of nitrogens with two attached hydrogens (primary N) is 2. The molecule has 1 fully saturated rings. The first-order valence-corrected chi connectivity index (χ1v) is 9.22. The molecule has 1 amide bonds. The number of unbranched alkanes of at least 4 members (excludes halogenated alkanes) is 3. The highest BCUT2D eigenvalue weighted by Crippen LogP contribution is 2.17. The summed E-state index contributed by atoms with van der Waals surface area (Å²) in [5, 5.41) is 4.92. The van der Waals surface area contributed by atoms with Crippen LogP contribution >= 0.6 is 0 Å². The van der Waals surface area contributed by atoms with E-state index in [1.807, 2.05) is 4.90 Å². The molecule has 0 aromatic carbocycles. The molecule has 5 N–H and O–H groups in total. The summed E-state index contributed by atoms with van der Waals surface area (Å²) in [6.45, 7) is 2.40. The minimum atomic E-state index is -3.65. The Bertz CT molecular complexity index is 414. The Morgan fingerprint density at radius 3 is 2.62 bits per heavy atom. The molecular weight excluding hydrogens is 292 g/mol. The zero-order valence-corrected chi connectivity index (χ0v) is 13.4. The Morgan fingerprint density at radius 1 is 1.24 bits per heavy atom. The first-order valence-electron chi connectivity index (χ1n) is 7.67. The normalized spacial score (nSPS) is 19.7. The average Bonchev–Trinajstić information content (AvgIpc) is 2.44. The van der Waals surface area contributed by atoms with Gasteiger partial charge in [-0.1, -0.05) is 12.8 Å². The lowest BCUT2D eigenvalue weighted by atomic mass is 9.98. The van der Waals surface area contributed by atoms with Gasteiger partial charge in [0.05, 0.1) is 0 Å². The Balaban J connectivity index is 2.26. The van der Waals surface area contributed by atoms with E-state index in [9.17, 15) is 13.2 Å². The predicted octanol–water partition coefficient (Wildman–Crippen LogP) is -0.0727. The zero-order chi connectivity index (χ0) is 15.7. The van der Waals surface area contributed by atoms with Crippen LogP contribution in [0.4, 0.5) is 0 Å². The van der Waals surface area contributed by atoms with Crippen LogP contribution in [-0.4, -0.2) is 45.4 Å². The molecule has 0 radical (unpaired) electrons. The molecule has 1 atom stereocenters. The molecule has 0 saturated carbocycles. The molecule has 0 aromatic heterocycles. The summed E-state index contributed by atoms with van der Waals surface area (Å²) >= 11 is 0. The van der Waals surface area contributed by atoms with Gasteiger partial charge >= 0.3 is 0 Å². The van der Waals surface area contributed by atoms with Crippen molar-refractivity contribution in [3.63, 3.8) is 0 Å². The van der Waals surface area contributed by atoms with Gasteiger partial charge in [0, 0.05) is 26.1 Å². The van der Waals surface area contributed by atoms with Crippen molar-refractivity contribution in [2.24, 2.45) is 16.8 Å². The van der Waals surface area contributed by atoms with E-state index < -0.39 is 10.2 Å². The molecule has 0 aromatic rings. The Labute approximate surface area is 127 Å². The van der Waals surface area contributed by atoms with Gasteiger partial charge in [0.1, 0.15) is 0 Å². The Hall–Kier alpha value is -0.700. The van der Waals surface area contributed by atoms with Crippen LogP contribution in [0.3, 0.4) is 0 Å². The number of nitrogens with zero attached hydrogens (tertiary/aromatic N) is 1. The minimum Gasteiger partial charge on any atom is -0.342 e. The second-order valence-electron chi connectivity index (χ2n) is 5.69. The van der Waals surface area contributed by atoms with E-state index in [0.29, 0.717) is 26.1 Å². The number of piperidine rings is 1. The van der Waals surface area contributed by atoms with E-state index in [4.69, 9.17) is 10.9 Å². The molecule has 1 unspecified atom stereocenters. The van der Waals surface area contributed by atoms with Crippen molar-refractivity contribution in [1.82, 2.24) is 9.62 Å². The van der Waals surface area contributed by atoms with Gasteiger partial charge in [0.15, 0.2) is 0 Å². The van der Waals surface area contributed by atoms with Crippen LogP contribution in [0.15, 0.2) is 0 Å². The maximum Gasteiger partial charge on any atom is 0.274 e. The minimum absolute atomic E-state index is 0.151. The van der Waals surface area contributed by atoms with Gasteiger partial charge in [-0.25, -0.2) is 9.86 Å². The number of hydrogen-bond acceptors (Lipinski definition) is 4. The summed E-state index contributed by atoms with van der Waals surface area (Å²) in [5.41, 5.74) is 5.43. The lowest BCUT2D eigenvalue weighted by molar-refractivity contribution is -0.133. The van der Waals surface area contributed by atoms with Crippen LogP contribution in [0.1, 0.15) is 44.9 Å². The van der Waals surface area contributed by atoms with E-state index in [0.717, 1.165) is 45.1 Å². The standard InChI is InChI=1S/C13H28N4O3S/c14-8-4-2-1-3-7-13(18)17-9-5-6-12(11-17)10-16-21(15,19)20/h12,16H,1-11,14H2,(H2,15,19,20). The molecule has 124 valence electrons. The highest BCUT2D eigenvalue weighted by molar-refractivity contribution is 7.87. The van der Waals surface area contributed by atoms with Crippen LogP contribution in [0.2, 0.25) is 0 Å². The van der Waals surface area contributed by atoms with E-state index in [1.54, 1.807) is 0 Å². The van der Waals surface area contributed by atoms with E-state index in [-0.39, 0.29) is 11.8 Å². The second kappa shape index (κ2) is 9.34. The van der Waals surface area contributed by atoms with Crippen molar-refractivity contribution in [2.75, 3.05) is 26.2 Å². The highest BCUT2D eigenvalue weighted by atomic mass is 32.2. The molecule has 0 bridgehead atoms. The van der Waals surface area contributed by atoms with Crippen molar-refractivity contribution in [2.45, 2.75) is 44.9 Å². The van der Waals surface area contributed by atoms with Crippen molar-refractivity contribution >= 4 is 16.1 Å². The summed E-state index contributed by atoms with van der Waals surface area (Å²) in [6, 6.07) is 0. The molecule has 1 aliphatic heterocycles. The fraction of sp³-hybridized carbons (Fsp3) is 0.923. The summed E-state index contributed by atoms with van der Waals surface area (Å²) in [6.07, 6.45) is 6.42. The van der Waals surface area contributed by atoms with Crippen molar-refractivity contribution < 1.29 is 13.2 Å². The number of carbonyl (C=O) groups excluding carboxylic acids is 1. The van der Waals surface area contributed by atoms with Crippen molar-refractivity contribution in [3.05, 3.63) is 0 Å². The Kier molecular flexibility index (Phi) is 8.16. The van der Waals surface area contributed by atoms with Gasteiger partial charge < -0.3 is 10.6 Å². The molecule has 1 saturated heterocycles. The molecule has 21 heavy (non-hydrogen) atoms. The van der Waals surface area contributed by atoms with E-state index in [1.165, 1.54) is 0 Å². The van der Waals surface area contributed by atoms with Gasteiger partial charge in [-0.3, -0.25) is 4.79 Å². The molecule has 0 aliphatic carbocycles. The summed E-state index contributed by atoms with van der Waals surface area (Å²) < 4.78 is 24.1. The van der Waals surface area contributed by atoms with Gasteiger partial charge in [-0.05, 0) is 38.1 Å². The van der Waals surface area contributed by atoms with Crippen LogP contribution in [-0.2, 0) is 15.0 Å². The third kappa shape index (κ3) is 8.35. The highest BCUT2D eigenvalue weighted by Gasteiger charge is 2.23. The smallest absolute Gasteiger partial charge is 0.274 e. The van der Waals surface area contributed by atoms with Crippen LogP contribution < -0.4 is 15.6 Å². The number of likely N-dealkylation sites (tertiary alicyclic amines) is 1. The lowest BCUT2D eigenvalue weighted by Crippen LogP contribution is -2.44. The number of hydrogen-bond donors (Lipinski definition) is 3. The molecule has 0 spiro atoms. The quantitative estimate of drug-likeness (QED) is 0.515. The zero-order valence-electron chi connectivity index (χ0n) is 12.6. The Morgan fingerprint density at radius 2 is 1.95 bits per heavy atom. The molecule has 1 rings (SSSR count). The monoisotopic (exact) mass is 320 g/mol. The topological polar surface area (TPSA) is 119 Å².